The van der Waals surface area contributed by atoms with Gasteiger partial charge in [0.15, 0.2) is 5.78 Å². The molecular weight excluding hydrogens is 282 g/mol. The first-order chi connectivity index (χ1) is 10.1. The monoisotopic (exact) mass is 297 g/mol. The van der Waals surface area contributed by atoms with Gasteiger partial charge in [-0.2, -0.15) is 5.26 Å². The molecule has 0 aliphatic rings. The summed E-state index contributed by atoms with van der Waals surface area (Å²) in [7, 11) is 0. The molecule has 4 nitrogen and oxygen atoms in total. The zero-order valence-electron chi connectivity index (χ0n) is 11.7. The molecular formula is C16H15N3OS. The van der Waals surface area contributed by atoms with Crippen molar-refractivity contribution in [1.29, 1.82) is 10.7 Å². The second kappa shape index (κ2) is 6.91. The van der Waals surface area contributed by atoms with Crippen LogP contribution >= 0.6 is 11.3 Å². The van der Waals surface area contributed by atoms with Gasteiger partial charge in [-0.3, -0.25) is 9.78 Å². The number of aromatic nitrogens is 1. The van der Waals surface area contributed by atoms with E-state index in [0.717, 1.165) is 11.3 Å². The molecule has 1 atom stereocenters. The molecule has 21 heavy (non-hydrogen) atoms. The lowest BCUT2D eigenvalue weighted by atomic mass is 9.94. The summed E-state index contributed by atoms with van der Waals surface area (Å²) in [5.74, 6) is -0.424. The highest BCUT2D eigenvalue weighted by Gasteiger charge is 2.19. The number of carbonyl (C=O) groups excluding carboxylic acids is 1. The van der Waals surface area contributed by atoms with Crippen LogP contribution in [-0.4, -0.2) is 16.5 Å². The fourth-order valence-electron chi connectivity index (χ4n) is 2.04. The number of nitriles is 1. The van der Waals surface area contributed by atoms with E-state index in [4.69, 9.17) is 10.7 Å². The molecule has 2 aromatic rings. The second-order valence-electron chi connectivity index (χ2n) is 4.88. The van der Waals surface area contributed by atoms with Crippen LogP contribution in [0.2, 0.25) is 0 Å². The normalized spacial score (nSPS) is 11.6. The molecule has 0 amide bonds. The quantitative estimate of drug-likeness (QED) is 0.832. The van der Waals surface area contributed by atoms with Crippen LogP contribution in [0, 0.1) is 22.7 Å². The highest BCUT2D eigenvalue weighted by molar-refractivity contribution is 7.10. The molecule has 0 radical (unpaired) electrons. The van der Waals surface area contributed by atoms with Crippen LogP contribution in [0.1, 0.15) is 23.1 Å². The average Bonchev–Trinajstić information content (AvgIpc) is 2.95. The number of Topliss-reactive ketones (excluding diaryl/α,β-unsaturated/α-hetero) is 1. The van der Waals surface area contributed by atoms with Crippen LogP contribution in [0.3, 0.4) is 0 Å². The number of thiophene rings is 1. The average molecular weight is 297 g/mol. The predicted octanol–water partition coefficient (Wildman–Crippen LogP) is 3.02. The fraction of sp³-hybridized carbons (Fsp3) is 0.250. The molecule has 2 rings (SSSR count). The zero-order valence-corrected chi connectivity index (χ0v) is 12.5. The Kier molecular flexibility index (Phi) is 4.96. The molecule has 0 aromatic carbocycles. The van der Waals surface area contributed by atoms with E-state index in [1.165, 1.54) is 11.3 Å². The first-order valence-corrected chi connectivity index (χ1v) is 7.47. The third kappa shape index (κ3) is 4.07. The number of carbonyl (C=O) groups is 1. The van der Waals surface area contributed by atoms with Gasteiger partial charge < -0.3 is 5.41 Å². The number of nitrogens with one attached hydrogen (secondary N) is 1. The van der Waals surface area contributed by atoms with Gasteiger partial charge in [0, 0.05) is 24.2 Å². The van der Waals surface area contributed by atoms with Crippen molar-refractivity contribution in [2.75, 3.05) is 0 Å². The minimum atomic E-state index is -0.263. The van der Waals surface area contributed by atoms with Crippen molar-refractivity contribution in [1.82, 2.24) is 4.98 Å². The SMILES string of the molecule is C[C@@H](Cc1ccccn1)C(=O)C(=N)Cc1csc(C#N)c1. The van der Waals surface area contributed by atoms with Gasteiger partial charge in [0.05, 0.1) is 5.71 Å². The van der Waals surface area contributed by atoms with Crippen LogP contribution in [0.4, 0.5) is 0 Å². The fourth-order valence-corrected chi connectivity index (χ4v) is 2.74. The molecule has 1 N–H and O–H groups in total. The summed E-state index contributed by atoms with van der Waals surface area (Å²) in [6, 6.07) is 9.40. The number of ketones is 1. The Morgan fingerprint density at radius 1 is 1.52 bits per heavy atom. The third-order valence-corrected chi connectivity index (χ3v) is 4.02. The summed E-state index contributed by atoms with van der Waals surface area (Å²) in [5, 5.41) is 18.5. The van der Waals surface area contributed by atoms with Crippen LogP contribution in [0.25, 0.3) is 0 Å². The molecule has 0 unspecified atom stereocenters. The lowest BCUT2D eigenvalue weighted by Crippen LogP contribution is -2.24. The number of nitrogens with zero attached hydrogens (tertiary/aromatic N) is 2. The zero-order chi connectivity index (χ0) is 15.2. The molecule has 2 heterocycles. The van der Waals surface area contributed by atoms with Gasteiger partial charge in [0.1, 0.15) is 10.9 Å². The minimum Gasteiger partial charge on any atom is -0.301 e. The third-order valence-electron chi connectivity index (χ3n) is 3.13. The Morgan fingerprint density at radius 3 is 2.95 bits per heavy atom. The molecule has 0 saturated heterocycles. The van der Waals surface area contributed by atoms with Crippen molar-refractivity contribution in [2.45, 2.75) is 19.8 Å². The summed E-state index contributed by atoms with van der Waals surface area (Å²) >= 11 is 1.34. The Morgan fingerprint density at radius 2 is 2.33 bits per heavy atom. The first-order valence-electron chi connectivity index (χ1n) is 6.59. The second-order valence-corrected chi connectivity index (χ2v) is 5.79. The Hall–Kier alpha value is -2.32. The summed E-state index contributed by atoms with van der Waals surface area (Å²) in [6.45, 7) is 1.82. The van der Waals surface area contributed by atoms with Gasteiger partial charge in [-0.1, -0.05) is 13.0 Å². The smallest absolute Gasteiger partial charge is 0.179 e. The maximum Gasteiger partial charge on any atom is 0.179 e. The van der Waals surface area contributed by atoms with Gasteiger partial charge in [0.25, 0.3) is 0 Å². The molecule has 0 saturated carbocycles. The van der Waals surface area contributed by atoms with Crippen LogP contribution in [-0.2, 0) is 17.6 Å². The van der Waals surface area contributed by atoms with E-state index in [1.807, 2.05) is 30.5 Å². The predicted molar refractivity (Wildman–Crippen MR) is 82.6 cm³/mol. The summed E-state index contributed by atoms with van der Waals surface area (Å²) in [6.07, 6.45) is 2.52. The molecule has 0 bridgehead atoms. The summed E-state index contributed by atoms with van der Waals surface area (Å²) in [5.41, 5.74) is 1.79. The van der Waals surface area contributed by atoms with Crippen molar-refractivity contribution in [3.05, 3.63) is 52.0 Å². The van der Waals surface area contributed by atoms with E-state index in [1.54, 1.807) is 12.3 Å². The van der Waals surface area contributed by atoms with Gasteiger partial charge in [-0.05, 0) is 35.6 Å². The number of hydrogen-bond acceptors (Lipinski definition) is 5. The van der Waals surface area contributed by atoms with Crippen molar-refractivity contribution in [3.63, 3.8) is 0 Å². The van der Waals surface area contributed by atoms with Gasteiger partial charge in [0.2, 0.25) is 0 Å². The summed E-state index contributed by atoms with van der Waals surface area (Å²) in [4.78, 5) is 17.0. The van der Waals surface area contributed by atoms with Gasteiger partial charge >= 0.3 is 0 Å². The molecule has 0 fully saturated rings. The number of rotatable bonds is 6. The minimum absolute atomic E-state index is 0.0840. The largest absolute Gasteiger partial charge is 0.301 e. The van der Waals surface area contributed by atoms with Crippen molar-refractivity contribution >= 4 is 22.8 Å². The molecule has 2 aromatic heterocycles. The lowest BCUT2D eigenvalue weighted by Gasteiger charge is -2.10. The van der Waals surface area contributed by atoms with E-state index < -0.39 is 0 Å². The Bertz CT molecular complexity index is 685. The van der Waals surface area contributed by atoms with Gasteiger partial charge in [-0.25, -0.2) is 0 Å². The molecule has 5 heteroatoms. The van der Waals surface area contributed by atoms with Crippen LogP contribution < -0.4 is 0 Å². The Labute approximate surface area is 127 Å². The molecule has 0 aliphatic heterocycles. The van der Waals surface area contributed by atoms with Gasteiger partial charge in [-0.15, -0.1) is 11.3 Å². The maximum absolute atomic E-state index is 12.2. The lowest BCUT2D eigenvalue weighted by molar-refractivity contribution is -0.116. The first kappa shape index (κ1) is 15.1. The van der Waals surface area contributed by atoms with Crippen LogP contribution in [0.5, 0.6) is 0 Å². The summed E-state index contributed by atoms with van der Waals surface area (Å²) < 4.78 is 0. The highest BCUT2D eigenvalue weighted by atomic mass is 32.1. The molecule has 106 valence electrons. The van der Waals surface area contributed by atoms with Crippen molar-refractivity contribution < 1.29 is 4.79 Å². The van der Waals surface area contributed by atoms with Crippen LogP contribution in [0.15, 0.2) is 35.8 Å². The van der Waals surface area contributed by atoms with Crippen molar-refractivity contribution in [3.8, 4) is 6.07 Å². The van der Waals surface area contributed by atoms with Crippen molar-refractivity contribution in [2.24, 2.45) is 5.92 Å². The number of pyridine rings is 1. The molecule has 0 spiro atoms. The maximum atomic E-state index is 12.2. The topological polar surface area (TPSA) is 77.6 Å². The van der Waals surface area contributed by atoms with E-state index >= 15 is 0 Å². The number of hydrogen-bond donors (Lipinski definition) is 1. The Balaban J connectivity index is 1.95. The van der Waals surface area contributed by atoms with E-state index in [0.29, 0.717) is 11.3 Å². The standard InChI is InChI=1S/C16H15N3OS/c1-11(6-13-4-2-3-5-19-13)16(20)15(18)8-12-7-14(9-17)21-10-12/h2-5,7,10-11,18H,6,8H2,1H3/t11-/m0/s1. The highest BCUT2D eigenvalue weighted by Crippen LogP contribution is 2.15. The molecule has 0 aliphatic carbocycles. The van der Waals surface area contributed by atoms with E-state index in [9.17, 15) is 4.79 Å². The van der Waals surface area contributed by atoms with E-state index in [2.05, 4.69) is 11.1 Å². The van der Waals surface area contributed by atoms with E-state index in [-0.39, 0.29) is 23.8 Å².